The average Bonchev–Trinajstić information content (AvgIpc) is 3.17. The van der Waals surface area contributed by atoms with Crippen molar-refractivity contribution in [3.8, 4) is 23.0 Å². The molecule has 3 fully saturated rings. The number of carbonyl (C=O) groups excluding carboxylic acids is 1. The third kappa shape index (κ3) is 10.2. The molecule has 0 radical (unpaired) electrons. The quantitative estimate of drug-likeness (QED) is 0.0744. The van der Waals surface area contributed by atoms with Crippen molar-refractivity contribution in [3.63, 3.8) is 0 Å². The molecule has 2 aromatic rings. The summed E-state index contributed by atoms with van der Waals surface area (Å²) < 4.78 is 50.6. The molecular formula is C36H48O19. The fourth-order valence-electron chi connectivity index (χ4n) is 6.18. The van der Waals surface area contributed by atoms with Gasteiger partial charge in [-0.2, -0.15) is 0 Å². The Bertz CT molecular complexity index is 1590. The largest absolute Gasteiger partial charge is 0.504 e. The predicted octanol–water partition coefficient (Wildman–Crippen LogP) is -1.95. The van der Waals surface area contributed by atoms with Gasteiger partial charge >= 0.3 is 5.97 Å². The molecule has 306 valence electrons. The Kier molecular flexibility index (Phi) is 14.7. The molecule has 9 N–H and O–H groups in total. The van der Waals surface area contributed by atoms with Crippen molar-refractivity contribution in [1.82, 2.24) is 0 Å². The summed E-state index contributed by atoms with van der Waals surface area (Å²) in [6, 6.07) is 9.00. The summed E-state index contributed by atoms with van der Waals surface area (Å²) in [6.07, 6.45) is -19.4. The number of hydrogen-bond donors (Lipinski definition) is 9. The summed E-state index contributed by atoms with van der Waals surface area (Å²) in [6.45, 7) is 0.361. The Balaban J connectivity index is 1.42. The molecule has 3 aliphatic heterocycles. The minimum atomic E-state index is -1.84. The van der Waals surface area contributed by atoms with E-state index in [-0.39, 0.29) is 42.6 Å². The lowest BCUT2D eigenvalue weighted by atomic mass is 9.96. The maximum absolute atomic E-state index is 13.4. The van der Waals surface area contributed by atoms with Crippen LogP contribution in [0.5, 0.6) is 23.0 Å². The molecule has 14 atom stereocenters. The van der Waals surface area contributed by atoms with Gasteiger partial charge in [-0.15, -0.1) is 0 Å². The number of phenolic OH excluding ortho intramolecular Hbond substituents is 2. The number of hydrogen-bond acceptors (Lipinski definition) is 19. The van der Waals surface area contributed by atoms with Gasteiger partial charge in [0.2, 0.25) is 0 Å². The molecule has 3 aliphatic rings. The van der Waals surface area contributed by atoms with Gasteiger partial charge in [0.1, 0.15) is 54.9 Å². The highest BCUT2D eigenvalue weighted by Gasteiger charge is 2.53. The zero-order valence-electron chi connectivity index (χ0n) is 30.1. The molecule has 0 aromatic heterocycles. The number of esters is 1. The summed E-state index contributed by atoms with van der Waals surface area (Å²) in [5.74, 6) is -0.848. The first kappa shape index (κ1) is 42.5. The Labute approximate surface area is 315 Å². The van der Waals surface area contributed by atoms with Crippen LogP contribution in [0.2, 0.25) is 0 Å². The summed E-state index contributed by atoms with van der Waals surface area (Å²) in [4.78, 5) is 13.4. The van der Waals surface area contributed by atoms with Crippen LogP contribution in [0, 0.1) is 0 Å². The van der Waals surface area contributed by atoms with E-state index in [9.17, 15) is 50.8 Å². The van der Waals surface area contributed by atoms with E-state index in [0.29, 0.717) is 11.1 Å². The Morgan fingerprint density at radius 2 is 1.49 bits per heavy atom. The van der Waals surface area contributed by atoms with Crippen molar-refractivity contribution in [2.75, 3.05) is 34.0 Å². The van der Waals surface area contributed by atoms with Gasteiger partial charge in [0.25, 0.3) is 0 Å². The molecule has 0 saturated carbocycles. The second-order valence-electron chi connectivity index (χ2n) is 13.2. The summed E-state index contributed by atoms with van der Waals surface area (Å²) >= 11 is 0. The van der Waals surface area contributed by atoms with Crippen LogP contribution in [0.25, 0.3) is 6.08 Å². The van der Waals surface area contributed by atoms with Crippen molar-refractivity contribution in [2.45, 2.75) is 99.4 Å². The number of benzene rings is 2. The normalized spacial score (nSPS) is 35.4. The highest BCUT2D eigenvalue weighted by molar-refractivity contribution is 5.87. The van der Waals surface area contributed by atoms with Crippen LogP contribution in [0.15, 0.2) is 42.5 Å². The van der Waals surface area contributed by atoms with Gasteiger partial charge in [0.15, 0.2) is 48.0 Å². The van der Waals surface area contributed by atoms with Gasteiger partial charge in [-0.05, 0) is 54.8 Å². The monoisotopic (exact) mass is 784 g/mol. The van der Waals surface area contributed by atoms with E-state index in [1.165, 1.54) is 51.5 Å². The second kappa shape index (κ2) is 19.0. The topological polar surface area (TPSA) is 282 Å². The minimum Gasteiger partial charge on any atom is -0.504 e. The molecule has 3 saturated heterocycles. The lowest BCUT2D eigenvalue weighted by Gasteiger charge is -2.47. The molecule has 55 heavy (non-hydrogen) atoms. The molecule has 0 bridgehead atoms. The zero-order valence-corrected chi connectivity index (χ0v) is 30.1. The number of ether oxygens (including phenoxy) is 9. The third-order valence-corrected chi connectivity index (χ3v) is 9.38. The van der Waals surface area contributed by atoms with E-state index >= 15 is 0 Å². The van der Waals surface area contributed by atoms with Gasteiger partial charge in [0.05, 0.1) is 40.1 Å². The molecule has 5 rings (SSSR count). The number of rotatable bonds is 14. The van der Waals surface area contributed by atoms with E-state index in [1.807, 2.05) is 0 Å². The van der Waals surface area contributed by atoms with Crippen LogP contribution in [0.4, 0.5) is 0 Å². The van der Waals surface area contributed by atoms with E-state index in [0.717, 1.165) is 6.08 Å². The smallest absolute Gasteiger partial charge is 0.331 e. The number of aliphatic hydroxyl groups excluding tert-OH is 7. The van der Waals surface area contributed by atoms with Crippen LogP contribution in [0.3, 0.4) is 0 Å². The van der Waals surface area contributed by atoms with E-state index in [4.69, 9.17) is 42.6 Å². The number of aliphatic hydroxyl groups is 7. The first-order valence-corrected chi connectivity index (χ1v) is 17.4. The first-order chi connectivity index (χ1) is 26.2. The molecule has 0 spiro atoms. The van der Waals surface area contributed by atoms with Crippen LogP contribution < -0.4 is 9.47 Å². The van der Waals surface area contributed by atoms with Gasteiger partial charge in [0, 0.05) is 6.08 Å². The van der Waals surface area contributed by atoms with Crippen LogP contribution >= 0.6 is 0 Å². The summed E-state index contributed by atoms with van der Waals surface area (Å²) in [5.41, 5.74) is 1.06. The molecule has 0 unspecified atom stereocenters. The number of methoxy groups -OCH3 is 2. The third-order valence-electron chi connectivity index (χ3n) is 9.38. The van der Waals surface area contributed by atoms with Crippen molar-refractivity contribution < 1.29 is 93.4 Å². The van der Waals surface area contributed by atoms with Gasteiger partial charge in [-0.1, -0.05) is 12.1 Å². The number of carbonyl (C=O) groups is 1. The molecule has 19 heteroatoms. The highest BCUT2D eigenvalue weighted by atomic mass is 16.8. The van der Waals surface area contributed by atoms with E-state index in [2.05, 4.69) is 0 Å². The maximum Gasteiger partial charge on any atom is 0.331 e. The molecule has 19 nitrogen and oxygen atoms in total. The summed E-state index contributed by atoms with van der Waals surface area (Å²) in [5, 5.41) is 93.9. The van der Waals surface area contributed by atoms with Gasteiger partial charge in [-0.25, -0.2) is 4.79 Å². The molecule has 2 aromatic carbocycles. The minimum absolute atomic E-state index is 0.101. The zero-order chi connectivity index (χ0) is 40.0. The Morgan fingerprint density at radius 1 is 0.764 bits per heavy atom. The standard InChI is InChI=1S/C36H48O19/c1-16-26(41)28(43)30(45)36(52-16)55-33-31(46)35(49-11-10-18-5-8-22(47-2)20(38)12-18)53-24(15-51-34-29(44)27(42)21(39)14-50-34)32(33)54-25(40)9-6-17-4-7-19(37)23(13-17)48-3/h4-9,12-13,16,21,24,26-39,41-46H,10-11,14-15H2,1-3H3/b9-6+/t16-,21+,24+,26+,27+,28+,29-,30+,31+,32+,33+,34+,35+,36-/m0/s1. The lowest BCUT2D eigenvalue weighted by molar-refractivity contribution is -0.362. The van der Waals surface area contributed by atoms with Crippen LogP contribution in [0.1, 0.15) is 18.1 Å². The number of phenols is 2. The Hall–Kier alpha value is -3.67. The summed E-state index contributed by atoms with van der Waals surface area (Å²) in [7, 11) is 2.75. The van der Waals surface area contributed by atoms with Gasteiger partial charge < -0.3 is 88.6 Å². The molecule has 3 heterocycles. The molecule has 0 amide bonds. The van der Waals surface area contributed by atoms with Crippen molar-refractivity contribution in [3.05, 3.63) is 53.6 Å². The fraction of sp³-hybridized carbons (Fsp3) is 0.583. The van der Waals surface area contributed by atoms with Crippen molar-refractivity contribution in [1.29, 1.82) is 0 Å². The number of aromatic hydroxyl groups is 2. The SMILES string of the molecule is COc1ccc(CCO[C@@H]2O[C@H](CO[C@H]3OC[C@@H](O)[C@@H](O)[C@@H]3O)[C@@H](OC(=O)/C=C/c3ccc(O)c(OC)c3)[C@H](O[C@@H]3O[C@@H](C)[C@@H](O)[C@@H](O)[C@H]3O)[C@H]2O)cc1O. The second-order valence-corrected chi connectivity index (χ2v) is 13.2. The van der Waals surface area contributed by atoms with Crippen LogP contribution in [-0.2, 0) is 44.4 Å². The lowest BCUT2D eigenvalue weighted by Crippen LogP contribution is -2.65. The predicted molar refractivity (Wildman–Crippen MR) is 183 cm³/mol. The maximum atomic E-state index is 13.4. The fourth-order valence-corrected chi connectivity index (χ4v) is 6.18. The first-order valence-electron chi connectivity index (χ1n) is 17.4. The van der Waals surface area contributed by atoms with Crippen LogP contribution in [-0.4, -0.2) is 172 Å². The van der Waals surface area contributed by atoms with Crippen molar-refractivity contribution in [2.24, 2.45) is 0 Å². The molecule has 0 aliphatic carbocycles. The average molecular weight is 785 g/mol. The van der Waals surface area contributed by atoms with Gasteiger partial charge in [-0.3, -0.25) is 0 Å². The Morgan fingerprint density at radius 3 is 2.20 bits per heavy atom. The highest BCUT2D eigenvalue weighted by Crippen LogP contribution is 2.33. The molecular weight excluding hydrogens is 736 g/mol. The van der Waals surface area contributed by atoms with E-state index in [1.54, 1.807) is 12.1 Å². The van der Waals surface area contributed by atoms with Crippen molar-refractivity contribution >= 4 is 12.0 Å². The van der Waals surface area contributed by atoms with E-state index < -0.39 is 98.6 Å².